The summed E-state index contributed by atoms with van der Waals surface area (Å²) in [5.41, 5.74) is 3.09. The zero-order chi connectivity index (χ0) is 14.5. The molecular weight excluding hydrogens is 294 g/mol. The first kappa shape index (κ1) is 16.2. The number of hydrogen-bond donors (Lipinski definition) is 1. The van der Waals surface area contributed by atoms with E-state index >= 15 is 0 Å². The Morgan fingerprint density at radius 1 is 0.636 bits per heavy atom. The maximum atomic E-state index is 10.9. The fraction of sp³-hybridized carbons (Fsp3) is 0.105. The lowest BCUT2D eigenvalue weighted by atomic mass is 9.84. The predicted octanol–water partition coefficient (Wildman–Crippen LogP) is 4.37. The standard InChI is InChI=1S/C19H17NO.ClH/c21-19(17-11-13-20-14-12-17)18(15-7-3-1-4-8-15)16-9-5-2-6-10-16;/h1-14,18-19,21H;1H. The van der Waals surface area contributed by atoms with Crippen LogP contribution in [-0.2, 0) is 0 Å². The van der Waals surface area contributed by atoms with Crippen LogP contribution in [0.3, 0.4) is 0 Å². The molecule has 0 aliphatic heterocycles. The van der Waals surface area contributed by atoms with Gasteiger partial charge in [-0.3, -0.25) is 4.98 Å². The van der Waals surface area contributed by atoms with Crippen molar-refractivity contribution in [3.63, 3.8) is 0 Å². The van der Waals surface area contributed by atoms with E-state index in [-0.39, 0.29) is 18.3 Å². The van der Waals surface area contributed by atoms with Crippen LogP contribution < -0.4 is 0 Å². The molecule has 0 fully saturated rings. The monoisotopic (exact) mass is 311 g/mol. The van der Waals surface area contributed by atoms with Crippen LogP contribution in [0.5, 0.6) is 0 Å². The lowest BCUT2D eigenvalue weighted by Crippen LogP contribution is -2.12. The van der Waals surface area contributed by atoms with Crippen molar-refractivity contribution < 1.29 is 5.11 Å². The molecule has 0 aliphatic carbocycles. The number of halogens is 1. The Morgan fingerprint density at radius 2 is 1.09 bits per heavy atom. The minimum Gasteiger partial charge on any atom is -0.387 e. The fourth-order valence-corrected chi connectivity index (χ4v) is 2.63. The summed E-state index contributed by atoms with van der Waals surface area (Å²) in [6, 6.07) is 24.0. The van der Waals surface area contributed by atoms with Crippen LogP contribution in [0.2, 0.25) is 0 Å². The van der Waals surface area contributed by atoms with Crippen molar-refractivity contribution >= 4 is 12.4 Å². The normalized spacial score (nSPS) is 11.7. The molecule has 0 radical (unpaired) electrons. The van der Waals surface area contributed by atoms with E-state index in [0.29, 0.717) is 0 Å². The summed E-state index contributed by atoms with van der Waals surface area (Å²) in [6.07, 6.45) is 2.83. The molecule has 3 rings (SSSR count). The summed E-state index contributed by atoms with van der Waals surface area (Å²) in [7, 11) is 0. The molecule has 1 heterocycles. The van der Waals surface area contributed by atoms with Gasteiger partial charge in [0, 0.05) is 18.3 Å². The third-order valence-electron chi connectivity index (χ3n) is 3.68. The van der Waals surface area contributed by atoms with Gasteiger partial charge in [0.1, 0.15) is 0 Å². The van der Waals surface area contributed by atoms with Crippen molar-refractivity contribution in [3.8, 4) is 0 Å². The molecule has 3 aromatic rings. The minimum absolute atomic E-state index is 0. The van der Waals surface area contributed by atoms with Crippen LogP contribution in [-0.4, -0.2) is 10.1 Å². The van der Waals surface area contributed by atoms with Crippen molar-refractivity contribution in [2.45, 2.75) is 12.0 Å². The highest BCUT2D eigenvalue weighted by atomic mass is 35.5. The number of hydrogen-bond acceptors (Lipinski definition) is 2. The zero-order valence-electron chi connectivity index (χ0n) is 12.0. The minimum atomic E-state index is -0.599. The van der Waals surface area contributed by atoms with E-state index in [1.165, 1.54) is 0 Å². The molecule has 3 heteroatoms. The van der Waals surface area contributed by atoms with Crippen molar-refractivity contribution in [2.75, 3.05) is 0 Å². The molecule has 2 aromatic carbocycles. The van der Waals surface area contributed by atoms with Crippen molar-refractivity contribution in [1.82, 2.24) is 4.98 Å². The molecule has 0 amide bonds. The SMILES string of the molecule is Cl.OC(c1ccncc1)C(c1ccccc1)c1ccccc1. The Labute approximate surface area is 136 Å². The van der Waals surface area contributed by atoms with Gasteiger partial charge in [-0.1, -0.05) is 60.7 Å². The molecule has 112 valence electrons. The van der Waals surface area contributed by atoms with Crippen LogP contribution in [0.1, 0.15) is 28.7 Å². The summed E-state index contributed by atoms with van der Waals surface area (Å²) in [5.74, 6) is -0.0881. The van der Waals surface area contributed by atoms with E-state index in [1.807, 2.05) is 48.5 Å². The average Bonchev–Trinajstić information content (AvgIpc) is 2.58. The van der Waals surface area contributed by atoms with Crippen LogP contribution in [0.25, 0.3) is 0 Å². The predicted molar refractivity (Wildman–Crippen MR) is 91.2 cm³/mol. The van der Waals surface area contributed by atoms with Gasteiger partial charge in [0.25, 0.3) is 0 Å². The Bertz CT molecular complexity index is 634. The Hall–Kier alpha value is -2.16. The topological polar surface area (TPSA) is 33.1 Å². The zero-order valence-corrected chi connectivity index (χ0v) is 12.9. The van der Waals surface area contributed by atoms with Crippen LogP contribution in [0.15, 0.2) is 85.2 Å². The summed E-state index contributed by atoms with van der Waals surface area (Å²) in [5, 5.41) is 10.9. The molecular formula is C19H18ClNO. The van der Waals surface area contributed by atoms with Gasteiger partial charge >= 0.3 is 0 Å². The number of aromatic nitrogens is 1. The van der Waals surface area contributed by atoms with Crippen LogP contribution in [0, 0.1) is 0 Å². The number of benzene rings is 2. The van der Waals surface area contributed by atoms with Gasteiger partial charge in [0.15, 0.2) is 0 Å². The van der Waals surface area contributed by atoms with E-state index in [4.69, 9.17) is 0 Å². The second kappa shape index (κ2) is 7.74. The van der Waals surface area contributed by atoms with Gasteiger partial charge in [-0.05, 0) is 28.8 Å². The Kier molecular flexibility index (Phi) is 5.70. The van der Waals surface area contributed by atoms with Crippen molar-refractivity contribution in [3.05, 3.63) is 102 Å². The highest BCUT2D eigenvalue weighted by Crippen LogP contribution is 2.36. The lowest BCUT2D eigenvalue weighted by molar-refractivity contribution is 0.159. The number of pyridine rings is 1. The smallest absolute Gasteiger partial charge is 0.0900 e. The highest BCUT2D eigenvalue weighted by Gasteiger charge is 2.24. The van der Waals surface area contributed by atoms with Gasteiger partial charge in [-0.25, -0.2) is 0 Å². The number of rotatable bonds is 4. The maximum Gasteiger partial charge on any atom is 0.0900 e. The number of aliphatic hydroxyl groups excluding tert-OH is 1. The van der Waals surface area contributed by atoms with Crippen molar-refractivity contribution in [2.24, 2.45) is 0 Å². The molecule has 1 unspecified atom stereocenters. The van der Waals surface area contributed by atoms with E-state index in [2.05, 4.69) is 29.2 Å². The van der Waals surface area contributed by atoms with Crippen LogP contribution >= 0.6 is 12.4 Å². The molecule has 22 heavy (non-hydrogen) atoms. The summed E-state index contributed by atoms with van der Waals surface area (Å²) < 4.78 is 0. The Morgan fingerprint density at radius 3 is 1.55 bits per heavy atom. The summed E-state index contributed by atoms with van der Waals surface area (Å²) in [4.78, 5) is 4.02. The van der Waals surface area contributed by atoms with Gasteiger partial charge in [-0.2, -0.15) is 0 Å². The van der Waals surface area contributed by atoms with Crippen molar-refractivity contribution in [1.29, 1.82) is 0 Å². The molecule has 0 bridgehead atoms. The highest BCUT2D eigenvalue weighted by molar-refractivity contribution is 5.85. The molecule has 0 saturated carbocycles. The largest absolute Gasteiger partial charge is 0.387 e. The van der Waals surface area contributed by atoms with Gasteiger partial charge in [-0.15, -0.1) is 12.4 Å². The van der Waals surface area contributed by atoms with E-state index in [1.54, 1.807) is 12.4 Å². The molecule has 1 N–H and O–H groups in total. The molecule has 0 saturated heterocycles. The quantitative estimate of drug-likeness (QED) is 0.776. The molecule has 1 aromatic heterocycles. The van der Waals surface area contributed by atoms with E-state index in [0.717, 1.165) is 16.7 Å². The molecule has 0 spiro atoms. The lowest BCUT2D eigenvalue weighted by Gasteiger charge is -2.24. The number of nitrogens with zero attached hydrogens (tertiary/aromatic N) is 1. The molecule has 2 nitrogen and oxygen atoms in total. The fourth-order valence-electron chi connectivity index (χ4n) is 2.63. The second-order valence-corrected chi connectivity index (χ2v) is 5.02. The van der Waals surface area contributed by atoms with Crippen LogP contribution in [0.4, 0.5) is 0 Å². The molecule has 1 atom stereocenters. The first-order chi connectivity index (χ1) is 10.4. The Balaban J connectivity index is 0.00000176. The number of aliphatic hydroxyl groups is 1. The summed E-state index contributed by atoms with van der Waals surface area (Å²) >= 11 is 0. The third kappa shape index (κ3) is 3.53. The first-order valence-electron chi connectivity index (χ1n) is 7.04. The first-order valence-corrected chi connectivity index (χ1v) is 7.04. The molecule has 0 aliphatic rings. The summed E-state index contributed by atoms with van der Waals surface area (Å²) in [6.45, 7) is 0. The average molecular weight is 312 g/mol. The van der Waals surface area contributed by atoms with E-state index in [9.17, 15) is 5.11 Å². The van der Waals surface area contributed by atoms with Gasteiger partial charge in [0.2, 0.25) is 0 Å². The maximum absolute atomic E-state index is 10.9. The second-order valence-electron chi connectivity index (χ2n) is 5.02. The van der Waals surface area contributed by atoms with Gasteiger partial charge in [0.05, 0.1) is 6.10 Å². The van der Waals surface area contributed by atoms with Gasteiger partial charge < -0.3 is 5.11 Å². The van der Waals surface area contributed by atoms with E-state index < -0.39 is 6.10 Å². The third-order valence-corrected chi connectivity index (χ3v) is 3.68.